The molecule has 0 fully saturated rings. The normalized spacial score (nSPS) is 11.1. The minimum Gasteiger partial charge on any atom is -0.494 e. The molecule has 0 N–H and O–H groups in total. The van der Waals surface area contributed by atoms with Gasteiger partial charge in [-0.2, -0.15) is 4.98 Å². The minimum absolute atomic E-state index is 0.136. The highest BCUT2D eigenvalue weighted by Crippen LogP contribution is 2.27. The zero-order valence-corrected chi connectivity index (χ0v) is 19.6. The molecule has 2 aromatic heterocycles. The van der Waals surface area contributed by atoms with Crippen LogP contribution in [0.3, 0.4) is 0 Å². The third-order valence-electron chi connectivity index (χ3n) is 5.33. The highest BCUT2D eigenvalue weighted by atomic mass is 32.2. The van der Waals surface area contributed by atoms with Crippen molar-refractivity contribution in [2.24, 2.45) is 0 Å². The van der Waals surface area contributed by atoms with Crippen molar-refractivity contribution in [3.05, 3.63) is 94.6 Å². The van der Waals surface area contributed by atoms with Crippen LogP contribution in [0, 0.1) is 6.92 Å². The number of fused-ring (bicyclic) bond motifs is 1. The largest absolute Gasteiger partial charge is 0.494 e. The third-order valence-corrected chi connectivity index (χ3v) is 6.25. The van der Waals surface area contributed by atoms with Gasteiger partial charge in [0.1, 0.15) is 5.75 Å². The van der Waals surface area contributed by atoms with Crippen LogP contribution >= 0.6 is 11.8 Å². The Morgan fingerprint density at radius 3 is 2.53 bits per heavy atom. The Bertz CT molecular complexity index is 1510. The van der Waals surface area contributed by atoms with Crippen molar-refractivity contribution in [2.45, 2.75) is 24.8 Å². The third kappa shape index (κ3) is 4.32. The van der Waals surface area contributed by atoms with Crippen molar-refractivity contribution >= 4 is 22.7 Å². The standard InChI is InChI=1S/C26H22N4O3S/c1-3-32-19-14-12-18(13-15-19)30-25(31)21-10-6-7-11-22(21)27-26(30)34-16-23-28-24(29-33-23)20-9-5-4-8-17(20)2/h4-15H,3,16H2,1-2H3. The smallest absolute Gasteiger partial charge is 0.266 e. The van der Waals surface area contributed by atoms with Gasteiger partial charge < -0.3 is 9.26 Å². The molecule has 5 aromatic rings. The second-order valence-electron chi connectivity index (χ2n) is 7.59. The second kappa shape index (κ2) is 9.52. The van der Waals surface area contributed by atoms with E-state index in [9.17, 15) is 4.79 Å². The van der Waals surface area contributed by atoms with E-state index in [1.54, 1.807) is 10.6 Å². The highest BCUT2D eigenvalue weighted by molar-refractivity contribution is 7.98. The van der Waals surface area contributed by atoms with Gasteiger partial charge in [-0.05, 0) is 55.8 Å². The van der Waals surface area contributed by atoms with Crippen molar-refractivity contribution in [1.82, 2.24) is 19.7 Å². The highest BCUT2D eigenvalue weighted by Gasteiger charge is 2.16. The summed E-state index contributed by atoms with van der Waals surface area (Å²) in [5.41, 5.74) is 3.22. The SMILES string of the molecule is CCOc1ccc(-n2c(SCc3nc(-c4ccccc4C)no3)nc3ccccc3c2=O)cc1. The van der Waals surface area contributed by atoms with E-state index >= 15 is 0 Å². The summed E-state index contributed by atoms with van der Waals surface area (Å²) >= 11 is 1.38. The van der Waals surface area contributed by atoms with Crippen LogP contribution in [0.15, 0.2) is 87.3 Å². The number of hydrogen-bond donors (Lipinski definition) is 0. The molecule has 0 atom stereocenters. The summed E-state index contributed by atoms with van der Waals surface area (Å²) in [6, 6.07) is 22.6. The van der Waals surface area contributed by atoms with Gasteiger partial charge in [0.05, 0.1) is 29.0 Å². The predicted molar refractivity (Wildman–Crippen MR) is 133 cm³/mol. The van der Waals surface area contributed by atoms with Gasteiger partial charge in [0.2, 0.25) is 11.7 Å². The Morgan fingerprint density at radius 2 is 1.74 bits per heavy atom. The Kier molecular flexibility index (Phi) is 6.14. The molecule has 0 aliphatic heterocycles. The van der Waals surface area contributed by atoms with Gasteiger partial charge in [0.25, 0.3) is 5.56 Å². The fourth-order valence-electron chi connectivity index (χ4n) is 3.67. The first kappa shape index (κ1) is 21.9. The monoisotopic (exact) mass is 470 g/mol. The molecule has 34 heavy (non-hydrogen) atoms. The first-order valence-electron chi connectivity index (χ1n) is 10.9. The number of hydrogen-bond acceptors (Lipinski definition) is 7. The summed E-state index contributed by atoms with van der Waals surface area (Å²) in [4.78, 5) is 22.7. The lowest BCUT2D eigenvalue weighted by Gasteiger charge is -2.13. The molecule has 7 nitrogen and oxygen atoms in total. The minimum atomic E-state index is -0.136. The second-order valence-corrected chi connectivity index (χ2v) is 8.54. The molecular weight excluding hydrogens is 448 g/mol. The Hall–Kier alpha value is -3.91. The van der Waals surface area contributed by atoms with Gasteiger partial charge in [0.15, 0.2) is 5.16 Å². The quantitative estimate of drug-likeness (QED) is 0.231. The number of aryl methyl sites for hydroxylation is 1. The summed E-state index contributed by atoms with van der Waals surface area (Å²) in [7, 11) is 0. The molecule has 0 aliphatic carbocycles. The molecule has 3 aromatic carbocycles. The van der Waals surface area contributed by atoms with Gasteiger partial charge in [-0.1, -0.05) is 53.3 Å². The van der Waals surface area contributed by atoms with Gasteiger partial charge in [0, 0.05) is 5.56 Å². The van der Waals surface area contributed by atoms with Crippen LogP contribution in [-0.4, -0.2) is 26.3 Å². The van der Waals surface area contributed by atoms with E-state index in [-0.39, 0.29) is 5.56 Å². The van der Waals surface area contributed by atoms with Crippen LogP contribution in [0.5, 0.6) is 5.75 Å². The lowest BCUT2D eigenvalue weighted by atomic mass is 10.1. The van der Waals surface area contributed by atoms with E-state index in [0.717, 1.165) is 16.9 Å². The van der Waals surface area contributed by atoms with Gasteiger partial charge in [-0.25, -0.2) is 4.98 Å². The zero-order chi connectivity index (χ0) is 23.5. The summed E-state index contributed by atoms with van der Waals surface area (Å²) < 4.78 is 12.6. The van der Waals surface area contributed by atoms with E-state index in [4.69, 9.17) is 14.2 Å². The van der Waals surface area contributed by atoms with Crippen LogP contribution in [0.4, 0.5) is 0 Å². The maximum Gasteiger partial charge on any atom is 0.266 e. The fourth-order valence-corrected chi connectivity index (χ4v) is 4.52. The van der Waals surface area contributed by atoms with Crippen molar-refractivity contribution < 1.29 is 9.26 Å². The number of nitrogens with zero attached hydrogens (tertiary/aromatic N) is 4. The number of rotatable bonds is 7. The molecule has 0 aliphatic rings. The number of ether oxygens (including phenoxy) is 1. The van der Waals surface area contributed by atoms with Gasteiger partial charge >= 0.3 is 0 Å². The van der Waals surface area contributed by atoms with Crippen molar-refractivity contribution in [2.75, 3.05) is 6.61 Å². The van der Waals surface area contributed by atoms with Crippen molar-refractivity contribution in [3.63, 3.8) is 0 Å². The van der Waals surface area contributed by atoms with E-state index < -0.39 is 0 Å². The Balaban J connectivity index is 1.50. The van der Waals surface area contributed by atoms with E-state index in [1.807, 2.05) is 80.6 Å². The first-order chi connectivity index (χ1) is 16.6. The van der Waals surface area contributed by atoms with Gasteiger partial charge in [-0.15, -0.1) is 0 Å². The van der Waals surface area contributed by atoms with E-state index in [1.165, 1.54) is 11.8 Å². The molecule has 5 rings (SSSR count). The van der Waals surface area contributed by atoms with Gasteiger partial charge in [-0.3, -0.25) is 9.36 Å². The predicted octanol–water partition coefficient (Wildman–Crippen LogP) is 5.44. The Labute approximate surface area is 200 Å². The van der Waals surface area contributed by atoms with E-state index in [0.29, 0.717) is 45.8 Å². The molecule has 170 valence electrons. The summed E-state index contributed by atoms with van der Waals surface area (Å²) in [5.74, 6) is 2.13. The van der Waals surface area contributed by atoms with E-state index in [2.05, 4.69) is 10.1 Å². The van der Waals surface area contributed by atoms with Crippen LogP contribution in [0.1, 0.15) is 18.4 Å². The lowest BCUT2D eigenvalue weighted by Crippen LogP contribution is -2.21. The number of benzene rings is 3. The molecule has 8 heteroatoms. The summed E-state index contributed by atoms with van der Waals surface area (Å²) in [6.07, 6.45) is 0. The molecule has 0 bridgehead atoms. The van der Waals surface area contributed by atoms with Crippen LogP contribution in [0.2, 0.25) is 0 Å². The molecule has 0 saturated heterocycles. The molecule has 0 amide bonds. The molecule has 0 spiro atoms. The molecular formula is C26H22N4O3S. The molecule has 0 unspecified atom stereocenters. The molecule has 2 heterocycles. The van der Waals surface area contributed by atoms with Crippen LogP contribution in [-0.2, 0) is 5.75 Å². The average Bonchev–Trinajstić information content (AvgIpc) is 3.33. The number of thioether (sulfide) groups is 1. The van der Waals surface area contributed by atoms with Crippen molar-refractivity contribution in [1.29, 1.82) is 0 Å². The fraction of sp³-hybridized carbons (Fsp3) is 0.154. The van der Waals surface area contributed by atoms with Crippen LogP contribution < -0.4 is 10.3 Å². The lowest BCUT2D eigenvalue weighted by molar-refractivity contribution is 0.340. The van der Waals surface area contributed by atoms with Crippen molar-refractivity contribution in [3.8, 4) is 22.8 Å². The maximum absolute atomic E-state index is 13.4. The average molecular weight is 471 g/mol. The molecule has 0 saturated carbocycles. The van der Waals surface area contributed by atoms with Crippen LogP contribution in [0.25, 0.3) is 28.0 Å². The zero-order valence-electron chi connectivity index (χ0n) is 18.8. The number of aromatic nitrogens is 4. The summed E-state index contributed by atoms with van der Waals surface area (Å²) in [5, 5.41) is 5.23. The maximum atomic E-state index is 13.4. The number of para-hydroxylation sites is 1. The topological polar surface area (TPSA) is 83.0 Å². The summed E-state index contributed by atoms with van der Waals surface area (Å²) in [6.45, 7) is 4.52. The molecule has 0 radical (unpaired) electrons. The first-order valence-corrected chi connectivity index (χ1v) is 11.9. The Morgan fingerprint density at radius 1 is 0.971 bits per heavy atom.